The highest BCUT2D eigenvalue weighted by molar-refractivity contribution is 7.90. The Balaban J connectivity index is 1.99. The molecule has 1 aromatic carbocycles. The summed E-state index contributed by atoms with van der Waals surface area (Å²) >= 11 is 1.45. The molecule has 7 heteroatoms. The van der Waals surface area contributed by atoms with E-state index in [1.807, 2.05) is 6.92 Å². The van der Waals surface area contributed by atoms with Gasteiger partial charge in [-0.1, -0.05) is 25.5 Å². The van der Waals surface area contributed by atoms with E-state index in [1.54, 1.807) is 24.3 Å². The predicted octanol–water partition coefficient (Wildman–Crippen LogP) is 3.13. The highest BCUT2D eigenvalue weighted by Gasteiger charge is 2.15. The monoisotopic (exact) mass is 366 g/mol. The SMILES string of the molecule is CCCCc1nc(C)c(C(=O)NCc2ccc(S(C)(=O)=O)cc2)s1. The molecule has 0 aliphatic carbocycles. The number of benzene rings is 1. The number of thiazole rings is 1. The van der Waals surface area contributed by atoms with E-state index in [9.17, 15) is 13.2 Å². The summed E-state index contributed by atoms with van der Waals surface area (Å²) in [5.74, 6) is -0.139. The van der Waals surface area contributed by atoms with E-state index in [0.717, 1.165) is 35.5 Å². The van der Waals surface area contributed by atoms with Crippen LogP contribution in [0, 0.1) is 6.92 Å². The smallest absolute Gasteiger partial charge is 0.263 e. The molecule has 0 aliphatic heterocycles. The maximum absolute atomic E-state index is 12.3. The Morgan fingerprint density at radius 2 is 1.92 bits per heavy atom. The molecule has 0 fully saturated rings. The Labute approximate surface area is 147 Å². The van der Waals surface area contributed by atoms with Crippen LogP contribution in [0.2, 0.25) is 0 Å². The first-order chi connectivity index (χ1) is 11.3. The molecule has 0 saturated heterocycles. The van der Waals surface area contributed by atoms with Gasteiger partial charge in [0.1, 0.15) is 4.88 Å². The zero-order valence-electron chi connectivity index (χ0n) is 14.1. The summed E-state index contributed by atoms with van der Waals surface area (Å²) in [4.78, 5) is 17.7. The molecule has 2 aromatic rings. The largest absolute Gasteiger partial charge is 0.347 e. The molecule has 0 radical (unpaired) electrons. The van der Waals surface area contributed by atoms with Crippen LogP contribution in [0.15, 0.2) is 29.2 Å². The lowest BCUT2D eigenvalue weighted by atomic mass is 10.2. The molecule has 2 rings (SSSR count). The summed E-state index contributed by atoms with van der Waals surface area (Å²) < 4.78 is 22.9. The average Bonchev–Trinajstić information content (AvgIpc) is 2.91. The van der Waals surface area contributed by atoms with E-state index in [1.165, 1.54) is 17.6 Å². The van der Waals surface area contributed by atoms with Crippen LogP contribution in [-0.4, -0.2) is 25.6 Å². The van der Waals surface area contributed by atoms with Gasteiger partial charge in [-0.25, -0.2) is 13.4 Å². The maximum Gasteiger partial charge on any atom is 0.263 e. The molecule has 5 nitrogen and oxygen atoms in total. The van der Waals surface area contributed by atoms with Crippen molar-refractivity contribution in [2.24, 2.45) is 0 Å². The van der Waals surface area contributed by atoms with Gasteiger partial charge in [-0.3, -0.25) is 4.79 Å². The first kappa shape index (κ1) is 18.6. The molecule has 0 saturated carbocycles. The van der Waals surface area contributed by atoms with Crippen molar-refractivity contribution < 1.29 is 13.2 Å². The summed E-state index contributed by atoms with van der Waals surface area (Å²) in [6.45, 7) is 4.33. The van der Waals surface area contributed by atoms with Crippen LogP contribution < -0.4 is 5.32 Å². The Hall–Kier alpha value is -1.73. The third-order valence-corrected chi connectivity index (χ3v) is 5.94. The molecule has 0 aliphatic rings. The van der Waals surface area contributed by atoms with Crippen molar-refractivity contribution in [1.29, 1.82) is 0 Å². The molecule has 1 heterocycles. The van der Waals surface area contributed by atoms with E-state index in [-0.39, 0.29) is 10.8 Å². The summed E-state index contributed by atoms with van der Waals surface area (Å²) in [5.41, 5.74) is 1.61. The van der Waals surface area contributed by atoms with Gasteiger partial charge in [0.2, 0.25) is 0 Å². The molecule has 1 aromatic heterocycles. The number of amides is 1. The van der Waals surface area contributed by atoms with Crippen molar-refractivity contribution in [3.05, 3.63) is 45.4 Å². The molecule has 130 valence electrons. The molecule has 1 amide bonds. The zero-order valence-corrected chi connectivity index (χ0v) is 15.8. The molecule has 24 heavy (non-hydrogen) atoms. The lowest BCUT2D eigenvalue weighted by molar-refractivity contribution is 0.0954. The first-order valence-corrected chi connectivity index (χ1v) is 10.6. The first-order valence-electron chi connectivity index (χ1n) is 7.84. The molecule has 0 atom stereocenters. The summed E-state index contributed by atoms with van der Waals surface area (Å²) in [7, 11) is -3.20. The summed E-state index contributed by atoms with van der Waals surface area (Å²) in [6, 6.07) is 6.53. The minimum atomic E-state index is -3.20. The van der Waals surface area contributed by atoms with Crippen molar-refractivity contribution in [3.8, 4) is 0 Å². The lowest BCUT2D eigenvalue weighted by Crippen LogP contribution is -2.22. The van der Waals surface area contributed by atoms with Crippen molar-refractivity contribution in [3.63, 3.8) is 0 Å². The Kier molecular flexibility index (Phi) is 6.12. The van der Waals surface area contributed by atoms with Crippen molar-refractivity contribution >= 4 is 27.1 Å². The molecule has 1 N–H and O–H groups in total. The second kappa shape index (κ2) is 7.90. The number of hydrogen-bond acceptors (Lipinski definition) is 5. The van der Waals surface area contributed by atoms with Crippen molar-refractivity contribution in [2.75, 3.05) is 6.26 Å². The van der Waals surface area contributed by atoms with Crippen LogP contribution in [0.3, 0.4) is 0 Å². The second-order valence-corrected chi connectivity index (χ2v) is 8.82. The van der Waals surface area contributed by atoms with E-state index in [2.05, 4.69) is 17.2 Å². The highest BCUT2D eigenvalue weighted by atomic mass is 32.2. The second-order valence-electron chi connectivity index (χ2n) is 5.72. The fourth-order valence-corrected chi connectivity index (χ4v) is 3.87. The van der Waals surface area contributed by atoms with Gasteiger partial charge < -0.3 is 5.32 Å². The number of carbonyl (C=O) groups excluding carboxylic acids is 1. The summed E-state index contributed by atoms with van der Waals surface area (Å²) in [6.07, 6.45) is 4.25. The minimum absolute atomic E-state index is 0.139. The van der Waals surface area contributed by atoms with Crippen LogP contribution >= 0.6 is 11.3 Å². The van der Waals surface area contributed by atoms with Crippen LogP contribution in [0.1, 0.15) is 45.7 Å². The van der Waals surface area contributed by atoms with Gasteiger partial charge in [0.15, 0.2) is 9.84 Å². The highest BCUT2D eigenvalue weighted by Crippen LogP contribution is 2.20. The molecule has 0 unspecified atom stereocenters. The quantitative estimate of drug-likeness (QED) is 0.817. The standard InChI is InChI=1S/C17H22N2O3S2/c1-4-5-6-15-19-12(2)16(23-15)17(20)18-11-13-7-9-14(10-8-13)24(3,21)22/h7-10H,4-6,11H2,1-3H3,(H,18,20). The molecule has 0 spiro atoms. The number of aromatic nitrogens is 1. The van der Waals surface area contributed by atoms with Crippen molar-refractivity contribution in [2.45, 2.75) is 44.6 Å². The Morgan fingerprint density at radius 3 is 2.50 bits per heavy atom. The maximum atomic E-state index is 12.3. The van der Waals surface area contributed by atoms with Gasteiger partial charge in [-0.15, -0.1) is 11.3 Å². The van der Waals surface area contributed by atoms with Gasteiger partial charge in [0.05, 0.1) is 15.6 Å². The molecular formula is C17H22N2O3S2. The van der Waals surface area contributed by atoms with Crippen LogP contribution in [0.25, 0.3) is 0 Å². The van der Waals surface area contributed by atoms with Crippen molar-refractivity contribution in [1.82, 2.24) is 10.3 Å². The Morgan fingerprint density at radius 1 is 1.25 bits per heavy atom. The van der Waals surface area contributed by atoms with Gasteiger partial charge in [0, 0.05) is 12.8 Å². The number of hydrogen-bond donors (Lipinski definition) is 1. The predicted molar refractivity (Wildman–Crippen MR) is 96.2 cm³/mol. The molecular weight excluding hydrogens is 344 g/mol. The lowest BCUT2D eigenvalue weighted by Gasteiger charge is -2.05. The number of unbranched alkanes of at least 4 members (excludes halogenated alkanes) is 1. The van der Waals surface area contributed by atoms with Crippen LogP contribution in [0.5, 0.6) is 0 Å². The van der Waals surface area contributed by atoms with Gasteiger partial charge in [-0.2, -0.15) is 0 Å². The number of rotatable bonds is 7. The number of nitrogens with zero attached hydrogens (tertiary/aromatic N) is 1. The van der Waals surface area contributed by atoms with E-state index in [4.69, 9.17) is 0 Å². The number of nitrogens with one attached hydrogen (secondary N) is 1. The minimum Gasteiger partial charge on any atom is -0.347 e. The van der Waals surface area contributed by atoms with Crippen LogP contribution in [-0.2, 0) is 22.8 Å². The summed E-state index contributed by atoms with van der Waals surface area (Å²) in [5, 5.41) is 3.86. The van der Waals surface area contributed by atoms with E-state index >= 15 is 0 Å². The van der Waals surface area contributed by atoms with Gasteiger partial charge in [-0.05, 0) is 37.5 Å². The van der Waals surface area contributed by atoms with E-state index < -0.39 is 9.84 Å². The topological polar surface area (TPSA) is 76.1 Å². The van der Waals surface area contributed by atoms with Gasteiger partial charge in [0.25, 0.3) is 5.91 Å². The number of aryl methyl sites for hydroxylation is 2. The normalized spacial score (nSPS) is 11.5. The molecule has 0 bridgehead atoms. The van der Waals surface area contributed by atoms with E-state index in [0.29, 0.717) is 11.4 Å². The Bertz CT molecular complexity index is 809. The fourth-order valence-electron chi connectivity index (χ4n) is 2.22. The van der Waals surface area contributed by atoms with Gasteiger partial charge >= 0.3 is 0 Å². The van der Waals surface area contributed by atoms with Crippen LogP contribution in [0.4, 0.5) is 0 Å². The average molecular weight is 367 g/mol. The fraction of sp³-hybridized carbons (Fsp3) is 0.412. The zero-order chi connectivity index (χ0) is 17.7. The third kappa shape index (κ3) is 4.88. The number of carbonyl (C=O) groups is 1. The number of sulfone groups is 1. The third-order valence-electron chi connectivity index (χ3n) is 3.60.